The molecule has 0 amide bonds. The molecule has 0 spiro atoms. The zero-order valence-electron chi connectivity index (χ0n) is 10.6. The minimum absolute atomic E-state index is 0.565. The number of rotatable bonds is 7. The van der Waals surface area contributed by atoms with Crippen molar-refractivity contribution in [3.8, 4) is 0 Å². The Morgan fingerprint density at radius 2 is 2.00 bits per heavy atom. The minimum Gasteiger partial charge on any atom is -0.383 e. The molecule has 0 bridgehead atoms. The Labute approximate surface area is 104 Å². The Hall–Kier alpha value is -0.210. The highest BCUT2D eigenvalue weighted by Crippen LogP contribution is 2.17. The fourth-order valence-electron chi connectivity index (χ4n) is 1.96. The average Bonchev–Trinajstić information content (AvgIpc) is 2.35. The molecular weight excluding hydrogens is 242 g/mol. The van der Waals surface area contributed by atoms with Gasteiger partial charge in [-0.25, -0.2) is 4.72 Å². The molecule has 102 valence electrons. The van der Waals surface area contributed by atoms with Crippen molar-refractivity contribution < 1.29 is 13.2 Å². The van der Waals surface area contributed by atoms with E-state index in [4.69, 9.17) is 4.74 Å². The van der Waals surface area contributed by atoms with Crippen LogP contribution in [0.3, 0.4) is 0 Å². The molecule has 1 heterocycles. The summed E-state index contributed by atoms with van der Waals surface area (Å²) in [5.41, 5.74) is 0. The van der Waals surface area contributed by atoms with Gasteiger partial charge in [-0.05, 0) is 25.3 Å². The van der Waals surface area contributed by atoms with Crippen molar-refractivity contribution >= 4 is 10.2 Å². The Kier molecular flexibility index (Phi) is 6.35. The number of methoxy groups -OCH3 is 1. The van der Waals surface area contributed by atoms with Crippen LogP contribution < -0.4 is 10.0 Å². The van der Waals surface area contributed by atoms with Gasteiger partial charge in [-0.2, -0.15) is 12.7 Å². The van der Waals surface area contributed by atoms with Crippen LogP contribution >= 0.6 is 0 Å². The minimum atomic E-state index is -3.23. The molecule has 0 atom stereocenters. The number of ether oxygens (including phenoxy) is 1. The SMILES string of the molecule is CNS(=O)(=O)N1CCC(CNCCOC)CC1. The van der Waals surface area contributed by atoms with Crippen molar-refractivity contribution in [3.05, 3.63) is 0 Å². The van der Waals surface area contributed by atoms with Crippen molar-refractivity contribution in [2.75, 3.05) is 46.9 Å². The van der Waals surface area contributed by atoms with Gasteiger partial charge >= 0.3 is 0 Å². The maximum atomic E-state index is 11.5. The van der Waals surface area contributed by atoms with Crippen molar-refractivity contribution in [2.45, 2.75) is 12.8 Å². The first kappa shape index (κ1) is 14.8. The summed E-state index contributed by atoms with van der Waals surface area (Å²) in [6, 6.07) is 0. The van der Waals surface area contributed by atoms with E-state index in [0.717, 1.165) is 25.9 Å². The standard InChI is InChI=1S/C10H23N3O3S/c1-11-17(14,15)13-6-3-10(4-7-13)9-12-5-8-16-2/h10-12H,3-9H2,1-2H3. The third-order valence-electron chi connectivity index (χ3n) is 3.09. The number of nitrogens with zero attached hydrogens (tertiary/aromatic N) is 1. The summed E-state index contributed by atoms with van der Waals surface area (Å²) in [4.78, 5) is 0. The lowest BCUT2D eigenvalue weighted by Gasteiger charge is -2.30. The van der Waals surface area contributed by atoms with Crippen LogP contribution in [0.4, 0.5) is 0 Å². The van der Waals surface area contributed by atoms with Crippen molar-refractivity contribution in [3.63, 3.8) is 0 Å². The first-order chi connectivity index (χ1) is 8.10. The molecule has 1 fully saturated rings. The van der Waals surface area contributed by atoms with Gasteiger partial charge in [0.25, 0.3) is 10.2 Å². The second-order valence-electron chi connectivity index (χ2n) is 4.25. The molecule has 7 heteroatoms. The van der Waals surface area contributed by atoms with Crippen LogP contribution in [0.2, 0.25) is 0 Å². The molecule has 2 N–H and O–H groups in total. The van der Waals surface area contributed by atoms with Crippen molar-refractivity contribution in [1.29, 1.82) is 0 Å². The monoisotopic (exact) mass is 265 g/mol. The van der Waals surface area contributed by atoms with E-state index in [0.29, 0.717) is 25.6 Å². The molecule has 1 saturated heterocycles. The molecule has 6 nitrogen and oxygen atoms in total. The van der Waals surface area contributed by atoms with Gasteiger partial charge in [-0.1, -0.05) is 0 Å². The van der Waals surface area contributed by atoms with E-state index in [1.807, 2.05) is 0 Å². The van der Waals surface area contributed by atoms with Crippen LogP contribution in [0.5, 0.6) is 0 Å². The van der Waals surface area contributed by atoms with E-state index >= 15 is 0 Å². The van der Waals surface area contributed by atoms with Crippen molar-refractivity contribution in [1.82, 2.24) is 14.3 Å². The molecule has 0 aromatic heterocycles. The maximum Gasteiger partial charge on any atom is 0.279 e. The van der Waals surface area contributed by atoms with E-state index in [-0.39, 0.29) is 0 Å². The van der Waals surface area contributed by atoms with Gasteiger partial charge in [-0.15, -0.1) is 0 Å². The molecule has 1 aliphatic rings. The van der Waals surface area contributed by atoms with Gasteiger partial charge in [0.1, 0.15) is 0 Å². The quantitative estimate of drug-likeness (QED) is 0.603. The van der Waals surface area contributed by atoms with Gasteiger partial charge in [0.15, 0.2) is 0 Å². The van der Waals surface area contributed by atoms with Gasteiger partial charge < -0.3 is 10.1 Å². The van der Waals surface area contributed by atoms with Crippen LogP contribution in [0, 0.1) is 5.92 Å². The molecule has 0 aromatic carbocycles. The molecular formula is C10H23N3O3S. The summed E-state index contributed by atoms with van der Waals surface area (Å²) < 4.78 is 31.9. The normalized spacial score (nSPS) is 19.6. The number of piperidine rings is 1. The summed E-state index contributed by atoms with van der Waals surface area (Å²) in [6.45, 7) is 3.73. The highest BCUT2D eigenvalue weighted by Gasteiger charge is 2.26. The zero-order valence-corrected chi connectivity index (χ0v) is 11.4. The largest absolute Gasteiger partial charge is 0.383 e. The summed E-state index contributed by atoms with van der Waals surface area (Å²) in [7, 11) is -0.0955. The van der Waals surface area contributed by atoms with E-state index in [2.05, 4.69) is 10.0 Å². The summed E-state index contributed by atoms with van der Waals surface area (Å²) >= 11 is 0. The summed E-state index contributed by atoms with van der Waals surface area (Å²) in [5.74, 6) is 0.565. The summed E-state index contributed by atoms with van der Waals surface area (Å²) in [6.07, 6.45) is 1.84. The van der Waals surface area contributed by atoms with Gasteiger partial charge in [-0.3, -0.25) is 0 Å². The average molecular weight is 265 g/mol. The zero-order chi connectivity index (χ0) is 12.7. The van der Waals surface area contributed by atoms with E-state index in [1.54, 1.807) is 7.11 Å². The van der Waals surface area contributed by atoms with E-state index < -0.39 is 10.2 Å². The molecule has 1 aliphatic heterocycles. The predicted molar refractivity (Wildman–Crippen MR) is 67.0 cm³/mol. The topological polar surface area (TPSA) is 70.7 Å². The van der Waals surface area contributed by atoms with E-state index in [1.165, 1.54) is 11.4 Å². The Morgan fingerprint density at radius 3 is 2.53 bits per heavy atom. The molecule has 0 radical (unpaired) electrons. The van der Waals surface area contributed by atoms with Gasteiger partial charge in [0.05, 0.1) is 6.61 Å². The smallest absolute Gasteiger partial charge is 0.279 e. The molecule has 17 heavy (non-hydrogen) atoms. The molecule has 0 aliphatic carbocycles. The lowest BCUT2D eigenvalue weighted by atomic mass is 9.98. The third-order valence-corrected chi connectivity index (χ3v) is 4.65. The first-order valence-electron chi connectivity index (χ1n) is 5.98. The van der Waals surface area contributed by atoms with E-state index in [9.17, 15) is 8.42 Å². The Bertz CT molecular complexity index is 300. The van der Waals surface area contributed by atoms with Crippen LogP contribution in [0.15, 0.2) is 0 Å². The van der Waals surface area contributed by atoms with Crippen LogP contribution in [0.25, 0.3) is 0 Å². The van der Waals surface area contributed by atoms with Crippen LogP contribution in [-0.4, -0.2) is 59.7 Å². The first-order valence-corrected chi connectivity index (χ1v) is 7.42. The maximum absolute atomic E-state index is 11.5. The lowest BCUT2D eigenvalue weighted by Crippen LogP contribution is -2.45. The van der Waals surface area contributed by atoms with Crippen LogP contribution in [0.1, 0.15) is 12.8 Å². The fraction of sp³-hybridized carbons (Fsp3) is 1.00. The van der Waals surface area contributed by atoms with Gasteiger partial charge in [0.2, 0.25) is 0 Å². The molecule has 0 unspecified atom stereocenters. The fourth-order valence-corrected chi connectivity index (χ4v) is 2.91. The molecule has 0 aromatic rings. The molecule has 0 saturated carbocycles. The second-order valence-corrected chi connectivity index (χ2v) is 6.12. The number of nitrogens with one attached hydrogen (secondary N) is 2. The Morgan fingerprint density at radius 1 is 1.35 bits per heavy atom. The molecule has 1 rings (SSSR count). The Balaban J connectivity index is 2.22. The number of hydrogen-bond acceptors (Lipinski definition) is 4. The highest BCUT2D eigenvalue weighted by atomic mass is 32.2. The second kappa shape index (κ2) is 7.27. The number of hydrogen-bond donors (Lipinski definition) is 2. The summed E-state index contributed by atoms with van der Waals surface area (Å²) in [5, 5.41) is 3.31. The lowest BCUT2D eigenvalue weighted by molar-refractivity contribution is 0.194. The van der Waals surface area contributed by atoms with Gasteiger partial charge in [0, 0.05) is 33.8 Å². The predicted octanol–water partition coefficient (Wildman–Crippen LogP) is -0.601. The highest BCUT2D eigenvalue weighted by molar-refractivity contribution is 7.87. The third kappa shape index (κ3) is 4.89. The van der Waals surface area contributed by atoms with Crippen molar-refractivity contribution in [2.24, 2.45) is 5.92 Å². The van der Waals surface area contributed by atoms with Crippen LogP contribution in [-0.2, 0) is 14.9 Å².